The first-order chi connectivity index (χ1) is 8.55. The first-order valence-electron chi connectivity index (χ1n) is 6.70. The Kier molecular flexibility index (Phi) is 3.60. The second-order valence-electron chi connectivity index (χ2n) is 5.46. The smallest absolute Gasteiger partial charge is 0.251 e. The highest BCUT2D eigenvalue weighted by atomic mass is 16.1. The first kappa shape index (κ1) is 12.9. The molecular weight excluding hydrogens is 224 g/mol. The van der Waals surface area contributed by atoms with Crippen LogP contribution in [0.15, 0.2) is 24.3 Å². The van der Waals surface area contributed by atoms with E-state index in [9.17, 15) is 4.79 Å². The van der Waals surface area contributed by atoms with Crippen LogP contribution in [0.3, 0.4) is 0 Å². The monoisotopic (exact) mass is 246 g/mol. The van der Waals surface area contributed by atoms with Crippen molar-refractivity contribution in [1.82, 2.24) is 5.32 Å². The van der Waals surface area contributed by atoms with Crippen LogP contribution in [0.1, 0.15) is 44.0 Å². The second-order valence-corrected chi connectivity index (χ2v) is 5.46. The van der Waals surface area contributed by atoms with Gasteiger partial charge in [0.15, 0.2) is 0 Å². The van der Waals surface area contributed by atoms with Crippen LogP contribution in [0.5, 0.6) is 0 Å². The molecule has 1 aliphatic rings. The van der Waals surface area contributed by atoms with Crippen LogP contribution in [-0.2, 0) is 0 Å². The van der Waals surface area contributed by atoms with E-state index in [4.69, 9.17) is 0 Å². The van der Waals surface area contributed by atoms with Crippen molar-refractivity contribution in [3.8, 4) is 0 Å². The number of hydrogen-bond acceptors (Lipinski definition) is 2. The van der Waals surface area contributed by atoms with Crippen LogP contribution in [-0.4, -0.2) is 18.5 Å². The van der Waals surface area contributed by atoms with E-state index in [-0.39, 0.29) is 5.91 Å². The predicted octanol–water partition coefficient (Wildman–Crippen LogP) is 3.04. The Morgan fingerprint density at radius 2 is 1.94 bits per heavy atom. The summed E-state index contributed by atoms with van der Waals surface area (Å²) in [5.74, 6) is -0.00810. The molecule has 1 aliphatic carbocycles. The zero-order valence-corrected chi connectivity index (χ0v) is 11.4. The average Bonchev–Trinajstić information content (AvgIpc) is 3.10. The van der Waals surface area contributed by atoms with Crippen molar-refractivity contribution in [1.29, 1.82) is 0 Å². The Bertz CT molecular complexity index is 421. The van der Waals surface area contributed by atoms with Gasteiger partial charge in [0, 0.05) is 23.8 Å². The zero-order valence-electron chi connectivity index (χ0n) is 11.4. The van der Waals surface area contributed by atoms with Crippen molar-refractivity contribution in [2.75, 3.05) is 11.9 Å². The van der Waals surface area contributed by atoms with E-state index < -0.39 is 0 Å². The molecule has 3 heteroatoms. The van der Waals surface area contributed by atoms with E-state index in [2.05, 4.69) is 24.5 Å². The highest BCUT2D eigenvalue weighted by Crippen LogP contribution is 2.48. The third-order valence-electron chi connectivity index (χ3n) is 3.95. The third-order valence-corrected chi connectivity index (χ3v) is 3.95. The highest BCUT2D eigenvalue weighted by Gasteiger charge is 2.42. The molecule has 1 unspecified atom stereocenters. The van der Waals surface area contributed by atoms with Crippen molar-refractivity contribution in [2.24, 2.45) is 5.41 Å². The number of hydrogen-bond donors (Lipinski definition) is 2. The summed E-state index contributed by atoms with van der Waals surface area (Å²) in [4.78, 5) is 11.6. The first-order valence-corrected chi connectivity index (χ1v) is 6.70. The number of carbonyl (C=O) groups excluding carboxylic acids is 1. The minimum atomic E-state index is -0.00810. The molecule has 98 valence electrons. The summed E-state index contributed by atoms with van der Waals surface area (Å²) in [7, 11) is 0. The van der Waals surface area contributed by atoms with Crippen molar-refractivity contribution in [3.05, 3.63) is 29.8 Å². The number of rotatable bonds is 5. The van der Waals surface area contributed by atoms with Gasteiger partial charge in [-0.25, -0.2) is 0 Å². The lowest BCUT2D eigenvalue weighted by Gasteiger charge is -2.21. The molecule has 0 bridgehead atoms. The van der Waals surface area contributed by atoms with Crippen molar-refractivity contribution >= 4 is 11.6 Å². The highest BCUT2D eigenvalue weighted by molar-refractivity contribution is 5.94. The maximum absolute atomic E-state index is 11.6. The van der Waals surface area contributed by atoms with E-state index in [1.54, 1.807) is 0 Å². The van der Waals surface area contributed by atoms with Crippen LogP contribution in [0.25, 0.3) is 0 Å². The predicted molar refractivity (Wildman–Crippen MR) is 74.9 cm³/mol. The fourth-order valence-corrected chi connectivity index (χ4v) is 2.03. The van der Waals surface area contributed by atoms with Gasteiger partial charge in [0.05, 0.1) is 0 Å². The van der Waals surface area contributed by atoms with Crippen LogP contribution in [0.4, 0.5) is 5.69 Å². The van der Waals surface area contributed by atoms with Gasteiger partial charge in [-0.3, -0.25) is 4.79 Å². The van der Waals surface area contributed by atoms with Crippen LogP contribution in [0, 0.1) is 5.41 Å². The summed E-state index contributed by atoms with van der Waals surface area (Å²) in [5.41, 5.74) is 2.26. The SMILES string of the molecule is CCNC(=O)c1ccc(NC(C)C2(C)CC2)cc1. The number of nitrogens with one attached hydrogen (secondary N) is 2. The maximum atomic E-state index is 11.6. The molecule has 1 aromatic rings. The fourth-order valence-electron chi connectivity index (χ4n) is 2.03. The van der Waals surface area contributed by atoms with E-state index in [0.717, 1.165) is 5.69 Å². The summed E-state index contributed by atoms with van der Waals surface area (Å²) in [6, 6.07) is 8.18. The molecule has 18 heavy (non-hydrogen) atoms. The molecule has 1 aromatic carbocycles. The Balaban J connectivity index is 1.97. The van der Waals surface area contributed by atoms with Gasteiger partial charge in [0.2, 0.25) is 0 Å². The maximum Gasteiger partial charge on any atom is 0.251 e. The van der Waals surface area contributed by atoms with Gasteiger partial charge >= 0.3 is 0 Å². The lowest BCUT2D eigenvalue weighted by molar-refractivity contribution is 0.0956. The lowest BCUT2D eigenvalue weighted by Crippen LogP contribution is -2.25. The molecule has 1 atom stereocenters. The van der Waals surface area contributed by atoms with Gasteiger partial charge in [-0.1, -0.05) is 6.92 Å². The fraction of sp³-hybridized carbons (Fsp3) is 0.533. The number of amides is 1. The molecule has 1 fully saturated rings. The van der Waals surface area contributed by atoms with Gasteiger partial charge in [-0.15, -0.1) is 0 Å². The molecule has 1 saturated carbocycles. The molecular formula is C15H22N2O. The molecule has 0 radical (unpaired) electrons. The van der Waals surface area contributed by atoms with Gasteiger partial charge in [-0.05, 0) is 56.4 Å². The molecule has 0 heterocycles. The van der Waals surface area contributed by atoms with Crippen LogP contribution >= 0.6 is 0 Å². The van der Waals surface area contributed by atoms with Crippen molar-refractivity contribution in [3.63, 3.8) is 0 Å². The molecule has 0 saturated heterocycles. The van der Waals surface area contributed by atoms with E-state index in [0.29, 0.717) is 23.6 Å². The van der Waals surface area contributed by atoms with Crippen molar-refractivity contribution < 1.29 is 4.79 Å². The minimum Gasteiger partial charge on any atom is -0.382 e. The molecule has 0 spiro atoms. The minimum absolute atomic E-state index is 0.00810. The Morgan fingerprint density at radius 3 is 2.44 bits per heavy atom. The molecule has 1 amide bonds. The summed E-state index contributed by atoms with van der Waals surface area (Å²) >= 11 is 0. The van der Waals surface area contributed by atoms with E-state index in [1.807, 2.05) is 31.2 Å². The third kappa shape index (κ3) is 2.84. The van der Waals surface area contributed by atoms with E-state index >= 15 is 0 Å². The molecule has 2 N–H and O–H groups in total. The van der Waals surface area contributed by atoms with Crippen molar-refractivity contribution in [2.45, 2.75) is 39.7 Å². The van der Waals surface area contributed by atoms with E-state index in [1.165, 1.54) is 12.8 Å². The number of anilines is 1. The van der Waals surface area contributed by atoms with Crippen LogP contribution < -0.4 is 10.6 Å². The lowest BCUT2D eigenvalue weighted by atomic mass is 10.0. The summed E-state index contributed by atoms with van der Waals surface area (Å²) in [6.07, 6.45) is 2.61. The molecule has 2 rings (SSSR count). The quantitative estimate of drug-likeness (QED) is 0.838. The Labute approximate surface area is 109 Å². The second kappa shape index (κ2) is 5.01. The summed E-state index contributed by atoms with van der Waals surface area (Å²) < 4.78 is 0. The Hall–Kier alpha value is -1.51. The number of carbonyl (C=O) groups is 1. The van der Waals surface area contributed by atoms with Gasteiger partial charge in [0.25, 0.3) is 5.91 Å². The van der Waals surface area contributed by atoms with Crippen LogP contribution in [0.2, 0.25) is 0 Å². The largest absolute Gasteiger partial charge is 0.382 e. The average molecular weight is 246 g/mol. The molecule has 0 aromatic heterocycles. The Morgan fingerprint density at radius 1 is 1.33 bits per heavy atom. The van der Waals surface area contributed by atoms with Gasteiger partial charge < -0.3 is 10.6 Å². The van der Waals surface area contributed by atoms with Gasteiger partial charge in [0.1, 0.15) is 0 Å². The molecule has 3 nitrogen and oxygen atoms in total. The normalized spacial score (nSPS) is 17.9. The summed E-state index contributed by atoms with van der Waals surface area (Å²) in [5, 5.41) is 6.31. The standard InChI is InChI=1S/C15H22N2O/c1-4-16-14(18)12-5-7-13(8-6-12)17-11(2)15(3)9-10-15/h5-8,11,17H,4,9-10H2,1-3H3,(H,16,18). The summed E-state index contributed by atoms with van der Waals surface area (Å²) in [6.45, 7) is 7.12. The molecule has 0 aliphatic heterocycles. The number of benzene rings is 1. The zero-order chi connectivity index (χ0) is 13.2. The van der Waals surface area contributed by atoms with Gasteiger partial charge in [-0.2, -0.15) is 0 Å². The topological polar surface area (TPSA) is 41.1 Å².